The fraction of sp³-hybridized carbons (Fsp3) is 0.133. The number of aromatic amines is 1. The SMILES string of the molecule is Cc1ccc(CNc2ccc(Sc3ncn[nH]3)cc2)cn1. The Labute approximate surface area is 127 Å². The highest BCUT2D eigenvalue weighted by molar-refractivity contribution is 7.99. The molecular weight excluding hydrogens is 282 g/mol. The molecule has 3 rings (SSSR count). The number of rotatable bonds is 5. The highest BCUT2D eigenvalue weighted by Gasteiger charge is 2.00. The highest BCUT2D eigenvalue weighted by atomic mass is 32.2. The van der Waals surface area contributed by atoms with E-state index in [0.717, 1.165) is 28.0 Å². The summed E-state index contributed by atoms with van der Waals surface area (Å²) in [4.78, 5) is 9.50. The molecule has 0 bridgehead atoms. The fourth-order valence-electron chi connectivity index (χ4n) is 1.80. The number of anilines is 1. The normalized spacial score (nSPS) is 10.5. The molecule has 0 amide bonds. The molecule has 0 spiro atoms. The van der Waals surface area contributed by atoms with Gasteiger partial charge < -0.3 is 5.32 Å². The topological polar surface area (TPSA) is 66.5 Å². The van der Waals surface area contributed by atoms with Gasteiger partial charge in [-0.2, -0.15) is 5.10 Å². The van der Waals surface area contributed by atoms with Crippen LogP contribution in [-0.4, -0.2) is 20.2 Å². The van der Waals surface area contributed by atoms with Crippen LogP contribution in [0.5, 0.6) is 0 Å². The van der Waals surface area contributed by atoms with Crippen molar-refractivity contribution in [1.29, 1.82) is 0 Å². The summed E-state index contributed by atoms with van der Waals surface area (Å²) in [5.41, 5.74) is 3.28. The first-order valence-electron chi connectivity index (χ1n) is 6.58. The lowest BCUT2D eigenvalue weighted by molar-refractivity contribution is 0.973. The Morgan fingerprint density at radius 2 is 1.95 bits per heavy atom. The van der Waals surface area contributed by atoms with E-state index < -0.39 is 0 Å². The number of hydrogen-bond acceptors (Lipinski definition) is 5. The maximum absolute atomic E-state index is 4.29. The Morgan fingerprint density at radius 3 is 2.62 bits per heavy atom. The van der Waals surface area contributed by atoms with Crippen LogP contribution < -0.4 is 5.32 Å². The molecule has 0 saturated carbocycles. The number of nitrogens with zero attached hydrogens (tertiary/aromatic N) is 3. The van der Waals surface area contributed by atoms with Crippen molar-refractivity contribution in [2.24, 2.45) is 0 Å². The van der Waals surface area contributed by atoms with Gasteiger partial charge >= 0.3 is 0 Å². The molecule has 2 heterocycles. The largest absolute Gasteiger partial charge is 0.381 e. The van der Waals surface area contributed by atoms with Gasteiger partial charge in [-0.05, 0) is 42.8 Å². The minimum atomic E-state index is 0.766. The Kier molecular flexibility index (Phi) is 4.16. The lowest BCUT2D eigenvalue weighted by Gasteiger charge is -2.07. The summed E-state index contributed by atoms with van der Waals surface area (Å²) in [5, 5.41) is 10.8. The fourth-order valence-corrected chi connectivity index (χ4v) is 2.50. The van der Waals surface area contributed by atoms with Crippen LogP contribution in [0.25, 0.3) is 0 Å². The minimum Gasteiger partial charge on any atom is -0.381 e. The van der Waals surface area contributed by atoms with Crippen molar-refractivity contribution in [3.05, 3.63) is 60.2 Å². The quantitative estimate of drug-likeness (QED) is 0.756. The maximum atomic E-state index is 4.29. The van der Waals surface area contributed by atoms with E-state index in [1.807, 2.05) is 19.2 Å². The molecule has 0 atom stereocenters. The summed E-state index contributed by atoms with van der Waals surface area (Å²) in [5.74, 6) is 0. The number of pyridine rings is 1. The van der Waals surface area contributed by atoms with Crippen LogP contribution in [0.4, 0.5) is 5.69 Å². The van der Waals surface area contributed by atoms with Gasteiger partial charge in [-0.1, -0.05) is 17.8 Å². The zero-order chi connectivity index (χ0) is 14.5. The summed E-state index contributed by atoms with van der Waals surface area (Å²) in [6, 6.07) is 12.3. The van der Waals surface area contributed by atoms with Crippen molar-refractivity contribution < 1.29 is 0 Å². The van der Waals surface area contributed by atoms with E-state index in [-0.39, 0.29) is 0 Å². The van der Waals surface area contributed by atoms with Crippen LogP contribution in [0.3, 0.4) is 0 Å². The number of aryl methyl sites for hydroxylation is 1. The van der Waals surface area contributed by atoms with Crippen LogP contribution in [0.2, 0.25) is 0 Å². The van der Waals surface area contributed by atoms with Gasteiger partial charge in [0, 0.05) is 29.0 Å². The van der Waals surface area contributed by atoms with Gasteiger partial charge in [0.2, 0.25) is 0 Å². The Morgan fingerprint density at radius 1 is 1.10 bits per heavy atom. The minimum absolute atomic E-state index is 0.766. The molecule has 2 aromatic heterocycles. The molecule has 0 aliphatic heterocycles. The van der Waals surface area contributed by atoms with Crippen molar-refractivity contribution in [1.82, 2.24) is 20.2 Å². The van der Waals surface area contributed by atoms with Crippen molar-refractivity contribution in [2.75, 3.05) is 5.32 Å². The van der Waals surface area contributed by atoms with Crippen LogP contribution in [0.1, 0.15) is 11.3 Å². The molecule has 0 aliphatic rings. The molecule has 5 nitrogen and oxygen atoms in total. The molecule has 2 N–H and O–H groups in total. The number of benzene rings is 1. The lowest BCUT2D eigenvalue weighted by atomic mass is 10.2. The molecule has 1 aromatic carbocycles. The van der Waals surface area contributed by atoms with E-state index in [1.54, 1.807) is 11.8 Å². The van der Waals surface area contributed by atoms with Gasteiger partial charge in [0.25, 0.3) is 0 Å². The molecule has 0 unspecified atom stereocenters. The van der Waals surface area contributed by atoms with Gasteiger partial charge in [0.05, 0.1) is 0 Å². The first-order chi connectivity index (χ1) is 10.3. The first-order valence-corrected chi connectivity index (χ1v) is 7.40. The summed E-state index contributed by atoms with van der Waals surface area (Å²) >= 11 is 1.55. The van der Waals surface area contributed by atoms with Crippen LogP contribution in [0.15, 0.2) is 59.0 Å². The van der Waals surface area contributed by atoms with Crippen LogP contribution >= 0.6 is 11.8 Å². The molecule has 106 valence electrons. The molecule has 0 radical (unpaired) electrons. The predicted octanol–water partition coefficient (Wildman–Crippen LogP) is 3.27. The number of H-pyrrole nitrogens is 1. The van der Waals surface area contributed by atoms with Crippen molar-refractivity contribution in [3.63, 3.8) is 0 Å². The van der Waals surface area contributed by atoms with Gasteiger partial charge in [0.15, 0.2) is 5.16 Å². The monoisotopic (exact) mass is 297 g/mol. The van der Waals surface area contributed by atoms with Crippen LogP contribution in [-0.2, 0) is 6.54 Å². The molecule has 3 aromatic rings. The second kappa shape index (κ2) is 6.41. The molecule has 0 fully saturated rings. The molecule has 6 heteroatoms. The van der Waals surface area contributed by atoms with Crippen molar-refractivity contribution >= 4 is 17.4 Å². The van der Waals surface area contributed by atoms with E-state index >= 15 is 0 Å². The molecule has 21 heavy (non-hydrogen) atoms. The summed E-state index contributed by atoms with van der Waals surface area (Å²) in [6.45, 7) is 2.75. The third kappa shape index (κ3) is 3.82. The third-order valence-corrected chi connectivity index (χ3v) is 3.83. The molecule has 0 aliphatic carbocycles. The number of nitrogens with one attached hydrogen (secondary N) is 2. The zero-order valence-electron chi connectivity index (χ0n) is 11.6. The number of hydrogen-bond donors (Lipinski definition) is 2. The summed E-state index contributed by atoms with van der Waals surface area (Å²) in [7, 11) is 0. The van der Waals surface area contributed by atoms with Gasteiger partial charge in [0.1, 0.15) is 6.33 Å². The first kappa shape index (κ1) is 13.6. The van der Waals surface area contributed by atoms with Gasteiger partial charge in [-0.3, -0.25) is 10.1 Å². The Bertz CT molecular complexity index is 677. The average molecular weight is 297 g/mol. The third-order valence-electron chi connectivity index (χ3n) is 2.93. The smallest absolute Gasteiger partial charge is 0.188 e. The Hall–Kier alpha value is -2.34. The second-order valence-corrected chi connectivity index (χ2v) is 5.64. The van der Waals surface area contributed by atoms with E-state index in [1.165, 1.54) is 11.9 Å². The van der Waals surface area contributed by atoms with Crippen LogP contribution in [0, 0.1) is 6.92 Å². The van der Waals surface area contributed by atoms with Crippen molar-refractivity contribution in [2.45, 2.75) is 23.5 Å². The van der Waals surface area contributed by atoms with E-state index in [4.69, 9.17) is 0 Å². The number of aromatic nitrogens is 4. The standard InChI is InChI=1S/C15H15N5S/c1-11-2-3-12(8-16-11)9-17-13-4-6-14(7-5-13)21-15-18-10-19-20-15/h2-8,10,17H,9H2,1H3,(H,18,19,20). The highest BCUT2D eigenvalue weighted by Crippen LogP contribution is 2.25. The van der Waals surface area contributed by atoms with Gasteiger partial charge in [-0.25, -0.2) is 4.98 Å². The Balaban J connectivity index is 1.58. The molecular formula is C15H15N5S. The van der Waals surface area contributed by atoms with Crippen molar-refractivity contribution in [3.8, 4) is 0 Å². The second-order valence-electron chi connectivity index (χ2n) is 4.58. The maximum Gasteiger partial charge on any atom is 0.188 e. The van der Waals surface area contributed by atoms with E-state index in [0.29, 0.717) is 0 Å². The summed E-state index contributed by atoms with van der Waals surface area (Å²) in [6.07, 6.45) is 3.41. The van der Waals surface area contributed by atoms with E-state index in [2.05, 4.69) is 55.8 Å². The zero-order valence-corrected chi connectivity index (χ0v) is 12.4. The van der Waals surface area contributed by atoms with Gasteiger partial charge in [-0.15, -0.1) is 0 Å². The molecule has 0 saturated heterocycles. The lowest BCUT2D eigenvalue weighted by Crippen LogP contribution is -1.99. The average Bonchev–Trinajstić information content (AvgIpc) is 3.01. The summed E-state index contributed by atoms with van der Waals surface area (Å²) < 4.78 is 0. The van der Waals surface area contributed by atoms with E-state index in [9.17, 15) is 0 Å². The predicted molar refractivity (Wildman–Crippen MR) is 83.2 cm³/mol.